The number of ether oxygens (including phenoxy) is 1. The van der Waals surface area contributed by atoms with Gasteiger partial charge in [0.2, 0.25) is 0 Å². The van der Waals surface area contributed by atoms with E-state index < -0.39 is 27.0 Å². The number of hydrogen-bond donors (Lipinski definition) is 1. The summed E-state index contributed by atoms with van der Waals surface area (Å²) in [5.74, 6) is -1.22. The molecule has 5 nitrogen and oxygen atoms in total. The van der Waals surface area contributed by atoms with E-state index in [9.17, 15) is 18.3 Å². The summed E-state index contributed by atoms with van der Waals surface area (Å²) in [6.07, 6.45) is 0.362. The highest BCUT2D eigenvalue weighted by molar-refractivity contribution is 7.91. The maximum absolute atomic E-state index is 11.8. The van der Waals surface area contributed by atoms with Gasteiger partial charge in [0, 0.05) is 0 Å². The minimum atomic E-state index is -3.23. The molecule has 6 heteroatoms. The molecule has 0 fully saturated rings. The van der Waals surface area contributed by atoms with Crippen molar-refractivity contribution in [3.63, 3.8) is 0 Å². The highest BCUT2D eigenvalue weighted by Crippen LogP contribution is 2.23. The highest BCUT2D eigenvalue weighted by Gasteiger charge is 2.24. The minimum Gasteiger partial charge on any atom is -0.496 e. The van der Waals surface area contributed by atoms with E-state index in [-0.39, 0.29) is 18.6 Å². The maximum Gasteiger partial charge on any atom is 0.306 e. The molecule has 0 saturated heterocycles. The van der Waals surface area contributed by atoms with Crippen LogP contribution in [0.25, 0.3) is 0 Å². The molecular weight excluding hydrogens is 292 g/mol. The van der Waals surface area contributed by atoms with Crippen molar-refractivity contribution < 1.29 is 23.1 Å². The van der Waals surface area contributed by atoms with Crippen LogP contribution in [0.1, 0.15) is 25.8 Å². The molecule has 1 N–H and O–H groups in total. The Bertz CT molecular complexity index is 577. The minimum absolute atomic E-state index is 0.105. The summed E-state index contributed by atoms with van der Waals surface area (Å²) >= 11 is 0. The van der Waals surface area contributed by atoms with E-state index in [2.05, 4.69) is 0 Å². The molecule has 0 heterocycles. The fraction of sp³-hybridized carbons (Fsp3) is 0.533. The Hall–Kier alpha value is -1.56. The number of hydrogen-bond acceptors (Lipinski definition) is 4. The standard InChI is InChI=1S/C15H22O5S/c1-11(2)21(18,19)9-8-13(15(16)17)10-12-6-4-5-7-14(12)20-3/h4-7,11,13H,8-10H2,1-3H3,(H,16,17). The van der Waals surface area contributed by atoms with Crippen molar-refractivity contribution in [3.05, 3.63) is 29.8 Å². The molecule has 0 radical (unpaired) electrons. The zero-order valence-electron chi connectivity index (χ0n) is 12.6. The van der Waals surface area contributed by atoms with E-state index in [1.807, 2.05) is 6.07 Å². The maximum atomic E-state index is 11.8. The van der Waals surface area contributed by atoms with E-state index in [1.54, 1.807) is 32.0 Å². The summed E-state index contributed by atoms with van der Waals surface area (Å²) < 4.78 is 28.8. The normalized spacial score (nSPS) is 13.1. The first-order chi connectivity index (χ1) is 9.77. The highest BCUT2D eigenvalue weighted by atomic mass is 32.2. The van der Waals surface area contributed by atoms with Gasteiger partial charge in [0.25, 0.3) is 0 Å². The lowest BCUT2D eigenvalue weighted by Crippen LogP contribution is -2.24. The van der Waals surface area contributed by atoms with E-state index in [1.165, 1.54) is 7.11 Å². The van der Waals surface area contributed by atoms with Gasteiger partial charge < -0.3 is 9.84 Å². The largest absolute Gasteiger partial charge is 0.496 e. The molecule has 1 atom stereocenters. The first kappa shape index (κ1) is 17.5. The van der Waals surface area contributed by atoms with Crippen molar-refractivity contribution in [2.75, 3.05) is 12.9 Å². The van der Waals surface area contributed by atoms with Gasteiger partial charge in [0.15, 0.2) is 9.84 Å². The number of sulfone groups is 1. The smallest absolute Gasteiger partial charge is 0.306 e. The third kappa shape index (κ3) is 5.04. The second-order valence-electron chi connectivity index (χ2n) is 5.26. The van der Waals surface area contributed by atoms with Crippen LogP contribution in [0.15, 0.2) is 24.3 Å². The van der Waals surface area contributed by atoms with Crippen LogP contribution in [0, 0.1) is 5.92 Å². The van der Waals surface area contributed by atoms with Gasteiger partial charge in [-0.15, -0.1) is 0 Å². The van der Waals surface area contributed by atoms with Crippen molar-refractivity contribution in [1.82, 2.24) is 0 Å². The number of rotatable bonds is 8. The van der Waals surface area contributed by atoms with Gasteiger partial charge in [0.05, 0.1) is 24.0 Å². The average Bonchev–Trinajstić information content (AvgIpc) is 2.43. The van der Waals surface area contributed by atoms with Crippen LogP contribution in [0.4, 0.5) is 0 Å². The topological polar surface area (TPSA) is 80.7 Å². The molecule has 0 amide bonds. The Morgan fingerprint density at radius 1 is 1.29 bits per heavy atom. The van der Waals surface area contributed by atoms with Gasteiger partial charge in [-0.3, -0.25) is 4.79 Å². The molecule has 118 valence electrons. The lowest BCUT2D eigenvalue weighted by atomic mass is 9.96. The van der Waals surface area contributed by atoms with Crippen LogP contribution in [0.2, 0.25) is 0 Å². The molecule has 0 spiro atoms. The second-order valence-corrected chi connectivity index (χ2v) is 7.93. The van der Waals surface area contributed by atoms with Crippen LogP contribution in [0.3, 0.4) is 0 Å². The summed E-state index contributed by atoms with van der Waals surface area (Å²) in [6.45, 7) is 3.21. The average molecular weight is 314 g/mol. The fourth-order valence-corrected chi connectivity index (χ4v) is 3.08. The molecule has 0 aliphatic heterocycles. The SMILES string of the molecule is COc1ccccc1CC(CCS(=O)(=O)C(C)C)C(=O)O. The van der Waals surface area contributed by atoms with E-state index in [4.69, 9.17) is 4.74 Å². The molecule has 1 rings (SSSR count). The number of methoxy groups -OCH3 is 1. The Morgan fingerprint density at radius 2 is 1.90 bits per heavy atom. The molecule has 0 aliphatic carbocycles. The van der Waals surface area contributed by atoms with E-state index in [0.29, 0.717) is 5.75 Å². The predicted octanol–water partition coefficient (Wildman–Crippen LogP) is 2.15. The van der Waals surface area contributed by atoms with Gasteiger partial charge in [-0.25, -0.2) is 8.42 Å². The van der Waals surface area contributed by atoms with Gasteiger partial charge in [-0.1, -0.05) is 18.2 Å². The molecule has 0 aliphatic rings. The van der Waals surface area contributed by atoms with E-state index in [0.717, 1.165) is 5.56 Å². The quantitative estimate of drug-likeness (QED) is 0.795. The first-order valence-electron chi connectivity index (χ1n) is 6.84. The van der Waals surface area contributed by atoms with Gasteiger partial charge in [-0.2, -0.15) is 0 Å². The monoisotopic (exact) mass is 314 g/mol. The summed E-state index contributed by atoms with van der Waals surface area (Å²) in [7, 11) is -1.70. The van der Waals surface area contributed by atoms with Crippen molar-refractivity contribution in [2.24, 2.45) is 5.92 Å². The van der Waals surface area contributed by atoms with Gasteiger partial charge >= 0.3 is 5.97 Å². The number of aliphatic carboxylic acids is 1. The Balaban J connectivity index is 2.82. The molecule has 21 heavy (non-hydrogen) atoms. The van der Waals surface area contributed by atoms with Crippen LogP contribution < -0.4 is 4.74 Å². The third-order valence-corrected chi connectivity index (χ3v) is 5.72. The number of para-hydroxylation sites is 1. The predicted molar refractivity (Wildman–Crippen MR) is 81.4 cm³/mol. The van der Waals surface area contributed by atoms with Crippen LogP contribution in [0.5, 0.6) is 5.75 Å². The molecule has 1 unspecified atom stereocenters. The molecule has 1 aromatic rings. The molecule has 1 aromatic carbocycles. The van der Waals surface area contributed by atoms with Crippen molar-refractivity contribution >= 4 is 15.8 Å². The summed E-state index contributed by atoms with van der Waals surface area (Å²) in [5, 5.41) is 8.81. The van der Waals surface area contributed by atoms with Crippen LogP contribution in [-0.2, 0) is 21.1 Å². The third-order valence-electron chi connectivity index (χ3n) is 3.48. The summed E-state index contributed by atoms with van der Waals surface area (Å²) in [5.41, 5.74) is 0.773. The molecule has 0 aromatic heterocycles. The van der Waals surface area contributed by atoms with Gasteiger partial charge in [0.1, 0.15) is 5.75 Å². The van der Waals surface area contributed by atoms with E-state index >= 15 is 0 Å². The Kier molecular flexibility index (Phi) is 6.20. The fourth-order valence-electron chi connectivity index (χ4n) is 1.99. The number of carboxylic acids is 1. The zero-order chi connectivity index (χ0) is 16.0. The van der Waals surface area contributed by atoms with Gasteiger partial charge in [-0.05, 0) is 38.3 Å². The Labute approximate surface area is 125 Å². The van der Waals surface area contributed by atoms with Crippen molar-refractivity contribution in [3.8, 4) is 5.75 Å². The lowest BCUT2D eigenvalue weighted by Gasteiger charge is -2.15. The van der Waals surface area contributed by atoms with Crippen molar-refractivity contribution in [2.45, 2.75) is 31.9 Å². The molecular formula is C15H22O5S. The lowest BCUT2D eigenvalue weighted by molar-refractivity contribution is -0.141. The number of carboxylic acid groups (broad SMARTS) is 1. The zero-order valence-corrected chi connectivity index (χ0v) is 13.4. The Morgan fingerprint density at radius 3 is 2.43 bits per heavy atom. The summed E-state index contributed by atoms with van der Waals surface area (Å²) in [4.78, 5) is 11.4. The van der Waals surface area contributed by atoms with Crippen LogP contribution in [-0.4, -0.2) is 37.6 Å². The van der Waals surface area contributed by atoms with Crippen LogP contribution >= 0.6 is 0 Å². The number of carbonyl (C=O) groups is 1. The number of benzene rings is 1. The molecule has 0 bridgehead atoms. The molecule has 0 saturated carbocycles. The second kappa shape index (κ2) is 7.45. The van der Waals surface area contributed by atoms with Crippen molar-refractivity contribution in [1.29, 1.82) is 0 Å². The first-order valence-corrected chi connectivity index (χ1v) is 8.55. The summed E-state index contributed by atoms with van der Waals surface area (Å²) in [6, 6.07) is 7.17.